The molecule has 84 valence electrons. The Morgan fingerprint density at radius 1 is 1.38 bits per heavy atom. The minimum absolute atomic E-state index is 0.369. The highest BCUT2D eigenvalue weighted by Crippen LogP contribution is 2.30. The lowest BCUT2D eigenvalue weighted by Gasteiger charge is -2.09. The number of halogens is 1. The number of nitrogens with zero attached hydrogens (tertiary/aromatic N) is 2. The Morgan fingerprint density at radius 3 is 2.81 bits per heavy atom. The van der Waals surface area contributed by atoms with Gasteiger partial charge >= 0.3 is 0 Å². The second kappa shape index (κ2) is 4.67. The van der Waals surface area contributed by atoms with E-state index in [0.717, 1.165) is 28.7 Å². The molecule has 0 spiro atoms. The molecule has 2 aromatic rings. The number of hydrogen-bond acceptors (Lipinski definition) is 5. The Balaban J connectivity index is 2.33. The summed E-state index contributed by atoms with van der Waals surface area (Å²) in [7, 11) is 1.62. The van der Waals surface area contributed by atoms with Crippen molar-refractivity contribution in [1.82, 2.24) is 8.75 Å². The van der Waals surface area contributed by atoms with Crippen LogP contribution in [0.25, 0.3) is 0 Å². The van der Waals surface area contributed by atoms with Crippen LogP contribution in [0.15, 0.2) is 18.2 Å². The van der Waals surface area contributed by atoms with Gasteiger partial charge in [-0.1, -0.05) is 17.7 Å². The summed E-state index contributed by atoms with van der Waals surface area (Å²) in [5, 5.41) is 3.46. The van der Waals surface area contributed by atoms with Gasteiger partial charge in [0.05, 0.1) is 24.5 Å². The van der Waals surface area contributed by atoms with E-state index in [-0.39, 0.29) is 0 Å². The third-order valence-corrected chi connectivity index (χ3v) is 2.95. The molecule has 1 aromatic heterocycles. The lowest BCUT2D eigenvalue weighted by Crippen LogP contribution is -1.95. The average Bonchev–Trinajstić information content (AvgIpc) is 2.65. The van der Waals surface area contributed by atoms with Crippen LogP contribution in [0.5, 0.6) is 5.75 Å². The van der Waals surface area contributed by atoms with Gasteiger partial charge in [-0.3, -0.25) is 0 Å². The molecule has 0 atom stereocenters. The molecule has 0 radical (unpaired) electrons. The van der Waals surface area contributed by atoms with Gasteiger partial charge in [-0.25, -0.2) is 0 Å². The Bertz CT molecular complexity index is 501. The third-order valence-electron chi connectivity index (χ3n) is 2.06. The molecule has 0 fully saturated rings. The molecule has 0 saturated heterocycles. The van der Waals surface area contributed by atoms with Gasteiger partial charge in [0.1, 0.15) is 5.75 Å². The van der Waals surface area contributed by atoms with Gasteiger partial charge in [-0.15, -0.1) is 0 Å². The number of anilines is 2. The predicted molar refractivity (Wildman–Crippen MR) is 65.9 cm³/mol. The summed E-state index contributed by atoms with van der Waals surface area (Å²) >= 11 is 6.93. The van der Waals surface area contributed by atoms with Crippen LogP contribution in [0.3, 0.4) is 0 Å². The van der Waals surface area contributed by atoms with Crippen LogP contribution < -0.4 is 10.1 Å². The fraction of sp³-hybridized carbons (Fsp3) is 0.200. The van der Waals surface area contributed by atoms with E-state index in [9.17, 15) is 0 Å². The molecule has 0 aliphatic heterocycles. The molecule has 16 heavy (non-hydrogen) atoms. The van der Waals surface area contributed by atoms with Crippen molar-refractivity contribution in [3.8, 4) is 5.75 Å². The molecule has 0 amide bonds. The average molecular weight is 256 g/mol. The molecule has 6 heteroatoms. The van der Waals surface area contributed by atoms with Crippen LogP contribution in [0.4, 0.5) is 11.5 Å². The second-order valence-corrected chi connectivity index (χ2v) is 4.12. The first-order valence-corrected chi connectivity index (χ1v) is 5.71. The highest BCUT2D eigenvalue weighted by Gasteiger charge is 2.09. The van der Waals surface area contributed by atoms with Crippen molar-refractivity contribution in [3.05, 3.63) is 28.9 Å². The Labute approximate surface area is 103 Å². The number of nitrogens with one attached hydrogen (secondary N) is 1. The van der Waals surface area contributed by atoms with Crippen molar-refractivity contribution < 1.29 is 4.74 Å². The minimum atomic E-state index is 0.369. The Hall–Kier alpha value is -1.33. The van der Waals surface area contributed by atoms with Gasteiger partial charge in [0.2, 0.25) is 0 Å². The maximum atomic E-state index is 5.86. The molecule has 0 bridgehead atoms. The molecule has 0 aliphatic rings. The summed E-state index contributed by atoms with van der Waals surface area (Å²) in [5.74, 6) is 1.30. The summed E-state index contributed by atoms with van der Waals surface area (Å²) in [6, 6.07) is 5.84. The fourth-order valence-corrected chi connectivity index (χ4v) is 1.94. The van der Waals surface area contributed by atoms with Crippen LogP contribution in [0, 0.1) is 6.92 Å². The first-order chi connectivity index (χ1) is 7.70. The first kappa shape index (κ1) is 11.2. The molecule has 0 aliphatic carbocycles. The van der Waals surface area contributed by atoms with Crippen LogP contribution in [-0.4, -0.2) is 15.9 Å². The lowest BCUT2D eigenvalue weighted by atomic mass is 10.2. The van der Waals surface area contributed by atoms with Gasteiger partial charge < -0.3 is 10.1 Å². The SMILES string of the molecule is COc1ccc(C)cc1Nc1nsnc1Cl. The van der Waals surface area contributed by atoms with Gasteiger partial charge in [0, 0.05) is 0 Å². The summed E-state index contributed by atoms with van der Waals surface area (Å²) in [6.07, 6.45) is 0. The quantitative estimate of drug-likeness (QED) is 0.915. The number of hydrogen-bond donors (Lipinski definition) is 1. The zero-order valence-electron chi connectivity index (χ0n) is 8.82. The molecule has 0 unspecified atom stereocenters. The van der Waals surface area contributed by atoms with E-state index < -0.39 is 0 Å². The molecule has 4 nitrogen and oxygen atoms in total. The van der Waals surface area contributed by atoms with Crippen LogP contribution in [0.1, 0.15) is 5.56 Å². The number of benzene rings is 1. The first-order valence-electron chi connectivity index (χ1n) is 4.60. The number of aryl methyl sites for hydroxylation is 1. The van der Waals surface area contributed by atoms with E-state index in [1.807, 2.05) is 25.1 Å². The van der Waals surface area contributed by atoms with Gasteiger partial charge in [-0.2, -0.15) is 8.75 Å². The zero-order valence-corrected chi connectivity index (χ0v) is 10.4. The van der Waals surface area contributed by atoms with E-state index in [0.29, 0.717) is 11.0 Å². The molecular formula is C10H10ClN3OS. The molecule has 1 aromatic carbocycles. The van der Waals surface area contributed by atoms with Crippen molar-refractivity contribution in [2.24, 2.45) is 0 Å². The highest BCUT2D eigenvalue weighted by atomic mass is 35.5. The Kier molecular flexibility index (Phi) is 3.26. The number of ether oxygens (including phenoxy) is 1. The number of methoxy groups -OCH3 is 1. The maximum Gasteiger partial charge on any atom is 0.187 e. The van der Waals surface area contributed by atoms with E-state index in [4.69, 9.17) is 16.3 Å². The minimum Gasteiger partial charge on any atom is -0.495 e. The zero-order chi connectivity index (χ0) is 11.5. The van der Waals surface area contributed by atoms with Crippen LogP contribution in [-0.2, 0) is 0 Å². The molecule has 0 saturated carbocycles. The van der Waals surface area contributed by atoms with Crippen molar-refractivity contribution in [3.63, 3.8) is 0 Å². The molecule has 1 heterocycles. The highest BCUT2D eigenvalue weighted by molar-refractivity contribution is 6.99. The van der Waals surface area contributed by atoms with Gasteiger partial charge in [0.15, 0.2) is 11.0 Å². The lowest BCUT2D eigenvalue weighted by molar-refractivity contribution is 0.416. The fourth-order valence-electron chi connectivity index (χ4n) is 1.30. The number of rotatable bonds is 3. The van der Waals surface area contributed by atoms with Crippen molar-refractivity contribution in [1.29, 1.82) is 0 Å². The Morgan fingerprint density at radius 2 is 2.19 bits per heavy atom. The molecular weight excluding hydrogens is 246 g/mol. The summed E-state index contributed by atoms with van der Waals surface area (Å²) in [6.45, 7) is 2.01. The van der Waals surface area contributed by atoms with Crippen molar-refractivity contribution in [2.75, 3.05) is 12.4 Å². The normalized spacial score (nSPS) is 10.2. The summed E-state index contributed by atoms with van der Waals surface area (Å²) in [4.78, 5) is 0. The van der Waals surface area contributed by atoms with Gasteiger partial charge in [0.25, 0.3) is 0 Å². The van der Waals surface area contributed by atoms with E-state index in [1.54, 1.807) is 7.11 Å². The monoisotopic (exact) mass is 255 g/mol. The maximum absolute atomic E-state index is 5.86. The summed E-state index contributed by atoms with van der Waals surface area (Å²) in [5.41, 5.74) is 1.96. The van der Waals surface area contributed by atoms with Crippen molar-refractivity contribution >= 4 is 34.8 Å². The third kappa shape index (κ3) is 2.25. The topological polar surface area (TPSA) is 47.0 Å². The predicted octanol–water partition coefficient (Wildman–Crippen LogP) is 3.25. The number of aromatic nitrogens is 2. The standard InChI is InChI=1S/C10H10ClN3OS/c1-6-3-4-8(15-2)7(5-6)12-10-9(11)13-16-14-10/h3-5H,1-2H3,(H,12,14). The van der Waals surface area contributed by atoms with Crippen LogP contribution >= 0.6 is 23.3 Å². The molecule has 2 rings (SSSR count). The molecule has 1 N–H and O–H groups in total. The van der Waals surface area contributed by atoms with E-state index in [1.165, 1.54) is 0 Å². The van der Waals surface area contributed by atoms with Gasteiger partial charge in [-0.05, 0) is 24.6 Å². The summed E-state index contributed by atoms with van der Waals surface area (Å²) < 4.78 is 13.2. The van der Waals surface area contributed by atoms with E-state index in [2.05, 4.69) is 14.1 Å². The second-order valence-electron chi connectivity index (χ2n) is 3.23. The van der Waals surface area contributed by atoms with Crippen LogP contribution in [0.2, 0.25) is 5.15 Å². The van der Waals surface area contributed by atoms with Crippen molar-refractivity contribution in [2.45, 2.75) is 6.92 Å². The largest absolute Gasteiger partial charge is 0.495 e. The smallest absolute Gasteiger partial charge is 0.187 e. The van der Waals surface area contributed by atoms with E-state index >= 15 is 0 Å².